The topological polar surface area (TPSA) is 56.0 Å². The molecule has 32 heavy (non-hydrogen) atoms. The van der Waals surface area contributed by atoms with Gasteiger partial charge in [-0.1, -0.05) is 51.3 Å². The van der Waals surface area contributed by atoms with Gasteiger partial charge in [-0.3, -0.25) is 14.3 Å². The van der Waals surface area contributed by atoms with Crippen molar-refractivity contribution in [3.05, 3.63) is 115 Å². The molecule has 3 aromatic carbocycles. The van der Waals surface area contributed by atoms with Gasteiger partial charge in [0.2, 0.25) is 0 Å². The number of benzene rings is 3. The molecule has 0 aliphatic heterocycles. The van der Waals surface area contributed by atoms with Gasteiger partial charge in [0.05, 0.1) is 12.2 Å². The summed E-state index contributed by atoms with van der Waals surface area (Å²) in [6.07, 6.45) is 1.43. The lowest BCUT2D eigenvalue weighted by Gasteiger charge is -2.13. The maximum absolute atomic E-state index is 13.5. The molecule has 0 unspecified atom stereocenters. The van der Waals surface area contributed by atoms with Gasteiger partial charge < -0.3 is 5.32 Å². The molecule has 9 heteroatoms. The molecule has 1 aromatic heterocycles. The summed E-state index contributed by atoms with van der Waals surface area (Å²) in [6.45, 7) is 0.150. The Balaban J connectivity index is 1.80. The van der Waals surface area contributed by atoms with E-state index in [0.29, 0.717) is 21.3 Å². The number of nitrogens with one attached hydrogen (secondary N) is 1. The third-order valence-corrected chi connectivity index (χ3v) is 5.97. The number of nitrogens with zero attached hydrogens (tertiary/aromatic N) is 2. The summed E-state index contributed by atoms with van der Waals surface area (Å²) < 4.78 is 17.3. The Kier molecular flexibility index (Phi) is 6.50. The number of halogens is 4. The molecule has 0 atom stereocenters. The Morgan fingerprint density at radius 3 is 2.31 bits per heavy atom. The number of hydrogen-bond acceptors (Lipinski definition) is 2. The monoisotopic (exact) mass is 533 g/mol. The van der Waals surface area contributed by atoms with Crippen molar-refractivity contribution in [2.75, 3.05) is 5.32 Å². The zero-order valence-corrected chi connectivity index (χ0v) is 19.5. The first-order valence-electron chi connectivity index (χ1n) is 9.41. The van der Waals surface area contributed by atoms with E-state index in [0.717, 1.165) is 4.47 Å². The minimum absolute atomic E-state index is 0.111. The second kappa shape index (κ2) is 9.32. The molecule has 0 saturated heterocycles. The normalized spacial score (nSPS) is 10.9. The van der Waals surface area contributed by atoms with Crippen molar-refractivity contribution in [2.45, 2.75) is 6.54 Å². The van der Waals surface area contributed by atoms with Gasteiger partial charge in [-0.05, 0) is 54.6 Å². The van der Waals surface area contributed by atoms with E-state index in [2.05, 4.69) is 21.2 Å². The molecule has 1 heterocycles. The van der Waals surface area contributed by atoms with Crippen molar-refractivity contribution in [1.29, 1.82) is 0 Å². The molecule has 0 spiro atoms. The minimum atomic E-state index is -0.657. The predicted octanol–water partition coefficient (Wildman–Crippen LogP) is 6.15. The van der Waals surface area contributed by atoms with E-state index in [9.17, 15) is 14.0 Å². The molecule has 0 fully saturated rings. The SMILES string of the molecule is O=C(Nc1cccc(F)c1)c1cn(Cc2c(Cl)cccc2Cl)n(-c2ccc(Br)cc2)c1=O. The number of aromatic nitrogens is 2. The molecule has 1 amide bonds. The molecular weight excluding hydrogens is 520 g/mol. The van der Waals surface area contributed by atoms with Crippen LogP contribution in [0.15, 0.2) is 82.2 Å². The van der Waals surface area contributed by atoms with Crippen LogP contribution >= 0.6 is 39.1 Å². The van der Waals surface area contributed by atoms with Gasteiger partial charge in [-0.2, -0.15) is 0 Å². The molecule has 0 bridgehead atoms. The summed E-state index contributed by atoms with van der Waals surface area (Å²) >= 11 is 16.0. The lowest BCUT2D eigenvalue weighted by molar-refractivity contribution is 0.102. The molecule has 162 valence electrons. The van der Waals surface area contributed by atoms with Crippen molar-refractivity contribution in [1.82, 2.24) is 9.36 Å². The summed E-state index contributed by atoms with van der Waals surface area (Å²) in [7, 11) is 0. The standard InChI is InChI=1S/C23H15BrCl2FN3O2/c24-14-7-9-17(10-8-14)30-23(32)19(22(31)28-16-4-1-3-15(27)11-16)13-29(30)12-18-20(25)5-2-6-21(18)26/h1-11,13H,12H2,(H,28,31). The van der Waals surface area contributed by atoms with Crippen LogP contribution in [0.5, 0.6) is 0 Å². The maximum atomic E-state index is 13.5. The molecule has 4 rings (SSSR count). The largest absolute Gasteiger partial charge is 0.322 e. The van der Waals surface area contributed by atoms with Crippen LogP contribution in [0.4, 0.5) is 10.1 Å². The Hall–Kier alpha value is -2.87. The third-order valence-electron chi connectivity index (χ3n) is 4.74. The molecule has 0 aliphatic carbocycles. The number of rotatable bonds is 5. The number of hydrogen-bond donors (Lipinski definition) is 1. The van der Waals surface area contributed by atoms with Crippen LogP contribution in [0.1, 0.15) is 15.9 Å². The fraction of sp³-hybridized carbons (Fsp3) is 0.0435. The van der Waals surface area contributed by atoms with Crippen LogP contribution in [-0.4, -0.2) is 15.3 Å². The highest BCUT2D eigenvalue weighted by Gasteiger charge is 2.20. The van der Waals surface area contributed by atoms with Crippen molar-refractivity contribution in [2.24, 2.45) is 0 Å². The molecule has 0 saturated carbocycles. The van der Waals surface area contributed by atoms with Gasteiger partial charge in [0.25, 0.3) is 11.5 Å². The van der Waals surface area contributed by atoms with Crippen LogP contribution in [0, 0.1) is 5.82 Å². The lowest BCUT2D eigenvalue weighted by atomic mass is 10.2. The maximum Gasteiger partial charge on any atom is 0.284 e. The number of amides is 1. The van der Waals surface area contributed by atoms with Gasteiger partial charge in [0.15, 0.2) is 0 Å². The highest BCUT2D eigenvalue weighted by molar-refractivity contribution is 9.10. The van der Waals surface area contributed by atoms with E-state index in [4.69, 9.17) is 23.2 Å². The Bertz CT molecular complexity index is 1350. The van der Waals surface area contributed by atoms with Crippen LogP contribution in [0.2, 0.25) is 10.0 Å². The molecule has 0 aliphatic rings. The van der Waals surface area contributed by atoms with Gasteiger partial charge in [-0.25, -0.2) is 9.07 Å². The van der Waals surface area contributed by atoms with Crippen LogP contribution in [-0.2, 0) is 6.54 Å². The van der Waals surface area contributed by atoms with E-state index in [1.807, 2.05) is 0 Å². The smallest absolute Gasteiger partial charge is 0.284 e. The van der Waals surface area contributed by atoms with Crippen LogP contribution < -0.4 is 10.9 Å². The van der Waals surface area contributed by atoms with E-state index >= 15 is 0 Å². The Morgan fingerprint density at radius 2 is 1.66 bits per heavy atom. The van der Waals surface area contributed by atoms with Gasteiger partial charge in [0, 0.05) is 32.0 Å². The molecule has 4 aromatic rings. The van der Waals surface area contributed by atoms with Crippen LogP contribution in [0.3, 0.4) is 0 Å². The minimum Gasteiger partial charge on any atom is -0.322 e. The van der Waals surface area contributed by atoms with Gasteiger partial charge >= 0.3 is 0 Å². The summed E-state index contributed by atoms with van der Waals surface area (Å²) in [5.41, 5.74) is 0.746. The average Bonchev–Trinajstić information content (AvgIpc) is 3.07. The first-order valence-corrected chi connectivity index (χ1v) is 11.0. The summed E-state index contributed by atoms with van der Waals surface area (Å²) in [5.74, 6) is -1.16. The summed E-state index contributed by atoms with van der Waals surface area (Å²) in [6, 6.07) is 17.6. The van der Waals surface area contributed by atoms with Crippen molar-refractivity contribution in [3.8, 4) is 5.69 Å². The lowest BCUT2D eigenvalue weighted by Crippen LogP contribution is -2.26. The number of carbonyl (C=O) groups is 1. The van der Waals surface area contributed by atoms with E-state index in [1.54, 1.807) is 47.1 Å². The first kappa shape index (κ1) is 22.3. The first-order chi connectivity index (χ1) is 15.3. The van der Waals surface area contributed by atoms with E-state index in [-0.39, 0.29) is 17.8 Å². The summed E-state index contributed by atoms with van der Waals surface area (Å²) in [5, 5.41) is 3.44. The zero-order chi connectivity index (χ0) is 22.8. The van der Waals surface area contributed by atoms with Gasteiger partial charge in [0.1, 0.15) is 11.4 Å². The number of anilines is 1. The fourth-order valence-corrected chi connectivity index (χ4v) is 4.00. The van der Waals surface area contributed by atoms with Crippen molar-refractivity contribution >= 4 is 50.7 Å². The van der Waals surface area contributed by atoms with E-state index in [1.165, 1.54) is 35.1 Å². The fourth-order valence-electron chi connectivity index (χ4n) is 3.22. The average molecular weight is 535 g/mol. The third kappa shape index (κ3) is 4.65. The number of carbonyl (C=O) groups excluding carboxylic acids is 1. The molecule has 1 N–H and O–H groups in total. The van der Waals surface area contributed by atoms with Crippen LogP contribution in [0.25, 0.3) is 5.69 Å². The predicted molar refractivity (Wildman–Crippen MR) is 128 cm³/mol. The van der Waals surface area contributed by atoms with Gasteiger partial charge in [-0.15, -0.1) is 0 Å². The Morgan fingerprint density at radius 1 is 1.00 bits per heavy atom. The van der Waals surface area contributed by atoms with Crippen molar-refractivity contribution < 1.29 is 9.18 Å². The second-order valence-electron chi connectivity index (χ2n) is 6.90. The zero-order valence-electron chi connectivity index (χ0n) is 16.4. The highest BCUT2D eigenvalue weighted by atomic mass is 79.9. The highest BCUT2D eigenvalue weighted by Crippen LogP contribution is 2.26. The molecular formula is C23H15BrCl2FN3O2. The quantitative estimate of drug-likeness (QED) is 0.334. The second-order valence-corrected chi connectivity index (χ2v) is 8.63. The molecule has 0 radical (unpaired) electrons. The van der Waals surface area contributed by atoms with Crippen molar-refractivity contribution in [3.63, 3.8) is 0 Å². The summed E-state index contributed by atoms with van der Waals surface area (Å²) in [4.78, 5) is 26.1. The molecule has 5 nitrogen and oxygen atoms in total. The Labute approximate surface area is 201 Å². The van der Waals surface area contributed by atoms with E-state index < -0.39 is 17.3 Å².